The topological polar surface area (TPSA) is 49.4 Å². The fourth-order valence-electron chi connectivity index (χ4n) is 5.20. The molecule has 3 unspecified atom stereocenters. The Morgan fingerprint density at radius 3 is 2.45 bits per heavy atom. The van der Waals surface area contributed by atoms with Crippen molar-refractivity contribution in [3.05, 3.63) is 99.0 Å². The molecular weight excluding hydrogens is 476 g/mol. The number of halogens is 2. The maximum Gasteiger partial charge on any atom is 0.250 e. The van der Waals surface area contributed by atoms with Crippen LogP contribution in [-0.2, 0) is 10.3 Å². The first-order valence-corrected chi connectivity index (χ1v) is 11.3. The second-order valence-corrected chi connectivity index (χ2v) is 9.51. The molecule has 0 radical (unpaired) electrons. The molecule has 1 N–H and O–H groups in total. The van der Waals surface area contributed by atoms with Crippen LogP contribution in [0.15, 0.2) is 77.3 Å². The van der Waals surface area contributed by atoms with E-state index in [0.29, 0.717) is 17.1 Å². The molecule has 0 aromatic heterocycles. The van der Waals surface area contributed by atoms with Crippen molar-refractivity contribution in [1.82, 2.24) is 4.90 Å². The number of fused-ring (bicyclic) bond motifs is 2. The molecule has 2 aliphatic rings. The highest BCUT2D eigenvalue weighted by atomic mass is 79.9. The molecule has 31 heavy (non-hydrogen) atoms. The van der Waals surface area contributed by atoms with Crippen LogP contribution in [0.5, 0.6) is 0 Å². The Hall–Kier alpha value is -2.47. The quantitative estimate of drug-likeness (QED) is 0.490. The number of anilines is 1. The lowest BCUT2D eigenvalue weighted by molar-refractivity contribution is -0.126. The Morgan fingerprint density at radius 2 is 1.74 bits per heavy atom. The Morgan fingerprint density at radius 1 is 1.06 bits per heavy atom. The molecule has 2 heterocycles. The highest BCUT2D eigenvalue weighted by molar-refractivity contribution is 9.10. The molecule has 156 valence electrons. The van der Waals surface area contributed by atoms with Crippen molar-refractivity contribution in [3.63, 3.8) is 0 Å². The number of benzene rings is 3. The first-order valence-electron chi connectivity index (χ1n) is 10.1. The predicted octanol–water partition coefficient (Wildman–Crippen LogP) is 5.48. The minimum atomic E-state index is -1.06. The number of likely N-dealkylation sites (tertiary alicyclic amines) is 1. The summed E-state index contributed by atoms with van der Waals surface area (Å²) < 4.78 is 0.903. The van der Waals surface area contributed by atoms with Gasteiger partial charge in [-0.05, 0) is 42.9 Å². The van der Waals surface area contributed by atoms with Gasteiger partial charge in [-0.15, -0.1) is 0 Å². The number of para-hydroxylation sites is 1. The Bertz CT molecular complexity index is 1180. The van der Waals surface area contributed by atoms with Gasteiger partial charge in [-0.1, -0.05) is 70.0 Å². The minimum Gasteiger partial charge on any atom is -0.324 e. The summed E-state index contributed by atoms with van der Waals surface area (Å²) in [5.41, 5.74) is 2.16. The number of rotatable bonds is 3. The smallest absolute Gasteiger partial charge is 0.250 e. The van der Waals surface area contributed by atoms with Crippen molar-refractivity contribution in [1.29, 1.82) is 0 Å². The maximum atomic E-state index is 14.0. The summed E-state index contributed by atoms with van der Waals surface area (Å²) in [6.45, 7) is 0.580. The average molecular weight is 496 g/mol. The zero-order valence-corrected chi connectivity index (χ0v) is 19.2. The van der Waals surface area contributed by atoms with E-state index in [9.17, 15) is 9.59 Å². The summed E-state index contributed by atoms with van der Waals surface area (Å²) in [5.74, 6) is -0.925. The standard InChI is InChI=1S/C25H20BrClN2O2/c1-29-14-19(15-8-12-18(27)13-9-15)22(23(30)16-6-10-17(26)11-7-16)25(29)20-4-2-3-5-21(20)28-24(25)31/h2-13,19,22H,14H2,1H3,(H,28,31). The van der Waals surface area contributed by atoms with Gasteiger partial charge in [0, 0.05) is 38.8 Å². The number of Topliss-reactive ketones (excluding diaryl/α,β-unsaturated/α-hetero) is 1. The molecule has 0 saturated carbocycles. The molecule has 1 saturated heterocycles. The van der Waals surface area contributed by atoms with Gasteiger partial charge in [-0.3, -0.25) is 14.5 Å². The number of likely N-dealkylation sites (N-methyl/N-ethyl adjacent to an activating group) is 1. The van der Waals surface area contributed by atoms with Gasteiger partial charge < -0.3 is 5.32 Å². The number of hydrogen-bond acceptors (Lipinski definition) is 3. The third-order valence-corrected chi connectivity index (χ3v) is 7.35. The summed E-state index contributed by atoms with van der Waals surface area (Å²) in [7, 11) is 1.93. The van der Waals surface area contributed by atoms with Crippen molar-refractivity contribution >= 4 is 44.9 Å². The Kier molecular flexibility index (Phi) is 5.00. The molecule has 0 bridgehead atoms. The van der Waals surface area contributed by atoms with Crippen LogP contribution in [-0.4, -0.2) is 30.2 Å². The first kappa shape index (κ1) is 20.4. The van der Waals surface area contributed by atoms with Crippen molar-refractivity contribution in [2.24, 2.45) is 5.92 Å². The van der Waals surface area contributed by atoms with Crippen LogP contribution in [0.25, 0.3) is 0 Å². The van der Waals surface area contributed by atoms with E-state index in [1.165, 1.54) is 0 Å². The minimum absolute atomic E-state index is 0.0383. The third-order valence-electron chi connectivity index (χ3n) is 6.57. The van der Waals surface area contributed by atoms with Crippen molar-refractivity contribution in [2.45, 2.75) is 11.5 Å². The van der Waals surface area contributed by atoms with Crippen LogP contribution in [0.1, 0.15) is 27.4 Å². The number of nitrogens with one attached hydrogen (secondary N) is 1. The molecule has 0 aliphatic carbocycles. The van der Waals surface area contributed by atoms with Crippen molar-refractivity contribution in [3.8, 4) is 0 Å². The fourth-order valence-corrected chi connectivity index (χ4v) is 5.59. The molecular formula is C25H20BrClN2O2. The summed E-state index contributed by atoms with van der Waals surface area (Å²) in [6.07, 6.45) is 0. The number of ketones is 1. The van der Waals surface area contributed by atoms with E-state index >= 15 is 0 Å². The number of hydrogen-bond donors (Lipinski definition) is 1. The number of amides is 1. The molecule has 3 atom stereocenters. The van der Waals surface area contributed by atoms with Gasteiger partial charge in [-0.25, -0.2) is 0 Å². The Balaban J connectivity index is 1.72. The SMILES string of the molecule is CN1CC(c2ccc(Cl)cc2)C(C(=O)c2ccc(Br)cc2)C12C(=O)Nc1ccccc12. The molecule has 3 aromatic carbocycles. The normalized spacial score (nSPS) is 24.9. The van der Waals surface area contributed by atoms with E-state index in [1.807, 2.05) is 84.7 Å². The zero-order valence-electron chi connectivity index (χ0n) is 16.8. The summed E-state index contributed by atoms with van der Waals surface area (Å²) >= 11 is 9.56. The highest BCUT2D eigenvalue weighted by Gasteiger charge is 2.64. The molecule has 4 nitrogen and oxygen atoms in total. The summed E-state index contributed by atoms with van der Waals surface area (Å²) in [5, 5.41) is 3.67. The largest absolute Gasteiger partial charge is 0.324 e. The van der Waals surface area contributed by atoms with E-state index < -0.39 is 11.5 Å². The average Bonchev–Trinajstić information content (AvgIpc) is 3.24. The molecule has 6 heteroatoms. The van der Waals surface area contributed by atoms with Crippen LogP contribution < -0.4 is 5.32 Å². The van der Waals surface area contributed by atoms with Gasteiger partial charge in [0.05, 0.1) is 5.92 Å². The monoisotopic (exact) mass is 494 g/mol. The van der Waals surface area contributed by atoms with E-state index in [2.05, 4.69) is 21.2 Å². The zero-order chi connectivity index (χ0) is 21.8. The molecule has 5 rings (SSSR count). The lowest BCUT2D eigenvalue weighted by Gasteiger charge is -2.35. The maximum absolute atomic E-state index is 14.0. The lowest BCUT2D eigenvalue weighted by atomic mass is 9.70. The van der Waals surface area contributed by atoms with E-state index in [1.54, 1.807) is 0 Å². The fraction of sp³-hybridized carbons (Fsp3) is 0.200. The molecule has 3 aromatic rings. The van der Waals surface area contributed by atoms with Crippen LogP contribution in [0.2, 0.25) is 5.02 Å². The van der Waals surface area contributed by atoms with Gasteiger partial charge in [0.1, 0.15) is 5.54 Å². The van der Waals surface area contributed by atoms with E-state index in [4.69, 9.17) is 11.6 Å². The summed E-state index contributed by atoms with van der Waals surface area (Å²) in [4.78, 5) is 29.6. The van der Waals surface area contributed by atoms with Crippen LogP contribution in [0, 0.1) is 5.92 Å². The van der Waals surface area contributed by atoms with Gasteiger partial charge in [0.2, 0.25) is 5.91 Å². The van der Waals surface area contributed by atoms with Gasteiger partial charge >= 0.3 is 0 Å². The van der Waals surface area contributed by atoms with E-state index in [-0.39, 0.29) is 17.6 Å². The molecule has 1 amide bonds. The van der Waals surface area contributed by atoms with Crippen LogP contribution in [0.4, 0.5) is 5.69 Å². The van der Waals surface area contributed by atoms with Crippen molar-refractivity contribution in [2.75, 3.05) is 18.9 Å². The third kappa shape index (κ3) is 3.06. The second-order valence-electron chi connectivity index (χ2n) is 8.15. The lowest BCUT2D eigenvalue weighted by Crippen LogP contribution is -2.51. The number of nitrogens with zero attached hydrogens (tertiary/aromatic N) is 1. The number of carbonyl (C=O) groups is 2. The van der Waals surface area contributed by atoms with Crippen LogP contribution >= 0.6 is 27.5 Å². The van der Waals surface area contributed by atoms with Crippen LogP contribution in [0.3, 0.4) is 0 Å². The molecule has 1 fully saturated rings. The highest BCUT2D eigenvalue weighted by Crippen LogP contribution is 2.55. The number of carbonyl (C=O) groups excluding carboxylic acids is 2. The van der Waals surface area contributed by atoms with Gasteiger partial charge in [0.25, 0.3) is 0 Å². The molecule has 1 spiro atoms. The Labute approximate surface area is 194 Å². The predicted molar refractivity (Wildman–Crippen MR) is 126 cm³/mol. The summed E-state index contributed by atoms with van der Waals surface area (Å²) in [6, 6.07) is 22.6. The second kappa shape index (κ2) is 7.59. The first-order chi connectivity index (χ1) is 14.9. The van der Waals surface area contributed by atoms with E-state index in [0.717, 1.165) is 21.3 Å². The molecule has 2 aliphatic heterocycles. The van der Waals surface area contributed by atoms with Gasteiger partial charge in [0.15, 0.2) is 5.78 Å². The van der Waals surface area contributed by atoms with Gasteiger partial charge in [-0.2, -0.15) is 0 Å². The van der Waals surface area contributed by atoms with Crippen molar-refractivity contribution < 1.29 is 9.59 Å².